The minimum absolute atomic E-state index is 0.0656. The Balaban J connectivity index is 1.70. The van der Waals surface area contributed by atoms with Crippen LogP contribution < -0.4 is 10.2 Å². The van der Waals surface area contributed by atoms with E-state index in [9.17, 15) is 19.6 Å². The molecule has 2 aromatic rings. The summed E-state index contributed by atoms with van der Waals surface area (Å²) < 4.78 is 5.71. The van der Waals surface area contributed by atoms with Crippen LogP contribution in [0.1, 0.15) is 41.8 Å². The Labute approximate surface area is 178 Å². The average Bonchev–Trinajstić information content (AvgIpc) is 3.06. The molecule has 0 spiro atoms. The standard InChI is InChI=1S/C21H23N3O5S/c1-12(2)16-9-17(23-28)13(3)7-18(16)29-10-19(26)22-24-20(27)11-30-21(24)14-5-4-6-15(25)8-14/h4-9,12,21,25H,10-11H2,1-3H3,(H,22,26). The van der Waals surface area contributed by atoms with E-state index in [0.717, 1.165) is 5.56 Å². The SMILES string of the molecule is Cc1cc(OCC(=O)NN2C(=O)CSC2c2cccc(O)c2)c(C(C)C)cc1N=O. The first-order chi connectivity index (χ1) is 14.3. The van der Waals surface area contributed by atoms with Crippen LogP contribution in [0.4, 0.5) is 5.69 Å². The van der Waals surface area contributed by atoms with Crippen molar-refractivity contribution in [1.82, 2.24) is 10.4 Å². The fourth-order valence-electron chi connectivity index (χ4n) is 3.14. The van der Waals surface area contributed by atoms with Gasteiger partial charge in [-0.3, -0.25) is 15.0 Å². The second-order valence-electron chi connectivity index (χ2n) is 7.27. The predicted molar refractivity (Wildman–Crippen MR) is 115 cm³/mol. The van der Waals surface area contributed by atoms with Crippen LogP contribution in [0.15, 0.2) is 41.6 Å². The van der Waals surface area contributed by atoms with Gasteiger partial charge in [-0.05, 0) is 59.0 Å². The maximum absolute atomic E-state index is 12.5. The van der Waals surface area contributed by atoms with Crippen LogP contribution in [0.5, 0.6) is 11.5 Å². The quantitative estimate of drug-likeness (QED) is 0.646. The maximum atomic E-state index is 12.5. The number of hydrazine groups is 1. The molecule has 1 heterocycles. The highest BCUT2D eigenvalue weighted by Gasteiger charge is 2.34. The van der Waals surface area contributed by atoms with Gasteiger partial charge in [0.2, 0.25) is 0 Å². The van der Waals surface area contributed by atoms with Gasteiger partial charge in [-0.15, -0.1) is 16.7 Å². The number of benzene rings is 2. The summed E-state index contributed by atoms with van der Waals surface area (Å²) >= 11 is 1.36. The summed E-state index contributed by atoms with van der Waals surface area (Å²) in [6.45, 7) is 5.35. The first-order valence-electron chi connectivity index (χ1n) is 9.43. The molecule has 1 unspecified atom stereocenters. The molecule has 1 atom stereocenters. The first-order valence-corrected chi connectivity index (χ1v) is 10.5. The topological polar surface area (TPSA) is 108 Å². The Bertz CT molecular complexity index is 979. The van der Waals surface area contributed by atoms with Crippen LogP contribution in [-0.4, -0.2) is 34.3 Å². The number of hydrogen-bond donors (Lipinski definition) is 2. The Hall–Kier alpha value is -3.07. The molecule has 2 N–H and O–H groups in total. The van der Waals surface area contributed by atoms with Crippen LogP contribution in [0.2, 0.25) is 0 Å². The molecule has 1 aliphatic rings. The number of aryl methyl sites for hydroxylation is 1. The van der Waals surface area contributed by atoms with Gasteiger partial charge in [0.15, 0.2) is 6.61 Å². The Morgan fingerprint density at radius 2 is 2.13 bits per heavy atom. The smallest absolute Gasteiger partial charge is 0.276 e. The van der Waals surface area contributed by atoms with Crippen molar-refractivity contribution in [1.29, 1.82) is 0 Å². The maximum Gasteiger partial charge on any atom is 0.276 e. The number of nitrogens with one attached hydrogen (secondary N) is 1. The molecule has 0 radical (unpaired) electrons. The van der Waals surface area contributed by atoms with Gasteiger partial charge in [0.1, 0.15) is 22.6 Å². The molecule has 0 saturated carbocycles. The van der Waals surface area contributed by atoms with E-state index >= 15 is 0 Å². The number of thioether (sulfide) groups is 1. The summed E-state index contributed by atoms with van der Waals surface area (Å²) in [7, 11) is 0. The molecule has 3 rings (SSSR count). The molecule has 30 heavy (non-hydrogen) atoms. The summed E-state index contributed by atoms with van der Waals surface area (Å²) in [6.07, 6.45) is 0. The van der Waals surface area contributed by atoms with Crippen molar-refractivity contribution >= 4 is 29.3 Å². The molecular formula is C21H23N3O5S. The first kappa shape index (κ1) is 21.6. The lowest BCUT2D eigenvalue weighted by atomic mass is 9.99. The molecule has 0 aromatic heterocycles. The number of nitroso groups, excluding NO2 is 1. The molecule has 2 amide bonds. The van der Waals surface area contributed by atoms with Gasteiger partial charge in [0.25, 0.3) is 11.8 Å². The Morgan fingerprint density at radius 1 is 1.37 bits per heavy atom. The second kappa shape index (κ2) is 9.17. The third-order valence-electron chi connectivity index (χ3n) is 4.68. The fraction of sp³-hybridized carbons (Fsp3) is 0.333. The number of carbonyl (C=O) groups excluding carboxylic acids is 2. The van der Waals surface area contributed by atoms with Gasteiger partial charge in [0.05, 0.1) is 5.75 Å². The lowest BCUT2D eigenvalue weighted by Gasteiger charge is -2.25. The van der Waals surface area contributed by atoms with Gasteiger partial charge in [-0.1, -0.05) is 26.0 Å². The van der Waals surface area contributed by atoms with Crippen molar-refractivity contribution in [2.75, 3.05) is 12.4 Å². The third-order valence-corrected chi connectivity index (χ3v) is 5.89. The molecule has 1 saturated heterocycles. The van der Waals surface area contributed by atoms with Gasteiger partial charge < -0.3 is 9.84 Å². The number of ether oxygens (including phenoxy) is 1. The monoisotopic (exact) mass is 429 g/mol. The van der Waals surface area contributed by atoms with Gasteiger partial charge in [-0.2, -0.15) is 0 Å². The second-order valence-corrected chi connectivity index (χ2v) is 8.34. The van der Waals surface area contributed by atoms with E-state index in [2.05, 4.69) is 10.6 Å². The number of nitrogens with zero attached hydrogens (tertiary/aromatic N) is 2. The van der Waals surface area contributed by atoms with Crippen LogP contribution >= 0.6 is 11.8 Å². The molecule has 8 nitrogen and oxygen atoms in total. The van der Waals surface area contributed by atoms with Crippen LogP contribution in [0.3, 0.4) is 0 Å². The van der Waals surface area contributed by atoms with Crippen molar-refractivity contribution in [2.24, 2.45) is 5.18 Å². The van der Waals surface area contributed by atoms with E-state index < -0.39 is 11.3 Å². The molecule has 1 aliphatic heterocycles. The van der Waals surface area contributed by atoms with E-state index in [4.69, 9.17) is 4.74 Å². The minimum atomic E-state index is -0.485. The van der Waals surface area contributed by atoms with E-state index in [-0.39, 0.29) is 29.9 Å². The van der Waals surface area contributed by atoms with Crippen LogP contribution in [0, 0.1) is 11.8 Å². The minimum Gasteiger partial charge on any atom is -0.508 e. The lowest BCUT2D eigenvalue weighted by molar-refractivity contribution is -0.140. The summed E-state index contributed by atoms with van der Waals surface area (Å²) in [5, 5.41) is 13.6. The van der Waals surface area contributed by atoms with E-state index in [1.54, 1.807) is 43.3 Å². The highest BCUT2D eigenvalue weighted by atomic mass is 32.2. The molecule has 0 aliphatic carbocycles. The molecule has 1 fully saturated rings. The van der Waals surface area contributed by atoms with Crippen molar-refractivity contribution in [3.05, 3.63) is 58.0 Å². The number of rotatable bonds is 7. The third kappa shape index (κ3) is 4.73. The summed E-state index contributed by atoms with van der Waals surface area (Å²) in [6, 6.07) is 9.93. The fourth-order valence-corrected chi connectivity index (χ4v) is 4.24. The predicted octanol–water partition coefficient (Wildman–Crippen LogP) is 3.91. The zero-order valence-electron chi connectivity index (χ0n) is 16.9. The van der Waals surface area contributed by atoms with E-state index in [1.807, 2.05) is 13.8 Å². The number of hydrogen-bond acceptors (Lipinski definition) is 7. The zero-order valence-corrected chi connectivity index (χ0v) is 17.7. The van der Waals surface area contributed by atoms with Crippen LogP contribution in [0.25, 0.3) is 0 Å². The highest BCUT2D eigenvalue weighted by Crippen LogP contribution is 2.38. The van der Waals surface area contributed by atoms with Gasteiger partial charge in [0, 0.05) is 0 Å². The number of carbonyl (C=O) groups is 2. The van der Waals surface area contributed by atoms with Crippen LogP contribution in [-0.2, 0) is 9.59 Å². The molecule has 158 valence electrons. The largest absolute Gasteiger partial charge is 0.508 e. The summed E-state index contributed by atoms with van der Waals surface area (Å²) in [5.41, 5.74) is 5.07. The van der Waals surface area contributed by atoms with Gasteiger partial charge in [-0.25, -0.2) is 5.01 Å². The van der Waals surface area contributed by atoms with E-state index in [1.165, 1.54) is 16.8 Å². The highest BCUT2D eigenvalue weighted by molar-refractivity contribution is 8.00. The van der Waals surface area contributed by atoms with Crippen molar-refractivity contribution in [2.45, 2.75) is 32.1 Å². The number of aromatic hydroxyl groups is 1. The Morgan fingerprint density at radius 3 is 2.80 bits per heavy atom. The van der Waals surface area contributed by atoms with Crippen molar-refractivity contribution in [3.8, 4) is 11.5 Å². The molecular weight excluding hydrogens is 406 g/mol. The zero-order chi connectivity index (χ0) is 21.8. The van der Waals surface area contributed by atoms with E-state index in [0.29, 0.717) is 22.6 Å². The summed E-state index contributed by atoms with van der Waals surface area (Å²) in [4.78, 5) is 35.7. The summed E-state index contributed by atoms with van der Waals surface area (Å²) in [5.74, 6) is 0.153. The number of phenolic OH excluding ortho intramolecular Hbond substituents is 1. The normalized spacial score (nSPS) is 16.1. The van der Waals surface area contributed by atoms with Gasteiger partial charge >= 0.3 is 0 Å². The number of phenols is 1. The lowest BCUT2D eigenvalue weighted by Crippen LogP contribution is -2.46. The average molecular weight is 429 g/mol. The Kier molecular flexibility index (Phi) is 6.61. The molecule has 9 heteroatoms. The van der Waals surface area contributed by atoms with Crippen molar-refractivity contribution in [3.63, 3.8) is 0 Å². The molecule has 0 bridgehead atoms. The number of amides is 2. The van der Waals surface area contributed by atoms with Crippen molar-refractivity contribution < 1.29 is 19.4 Å². The molecule has 2 aromatic carbocycles.